The number of thiophene rings is 1. The number of rotatable bonds is 5. The highest BCUT2D eigenvalue weighted by molar-refractivity contribution is 7.25. The van der Waals surface area contributed by atoms with Gasteiger partial charge in [0.25, 0.3) is 0 Å². The van der Waals surface area contributed by atoms with E-state index in [1.165, 1.54) is 42.1 Å². The molecule has 0 saturated heterocycles. The van der Waals surface area contributed by atoms with Crippen molar-refractivity contribution < 1.29 is 4.42 Å². The van der Waals surface area contributed by atoms with E-state index in [4.69, 9.17) is 4.42 Å². The van der Waals surface area contributed by atoms with E-state index in [0.29, 0.717) is 0 Å². The predicted octanol–water partition coefficient (Wildman–Crippen LogP) is 13.9. The summed E-state index contributed by atoms with van der Waals surface area (Å²) in [6.45, 7) is 0. The average Bonchev–Trinajstić information content (AvgIpc) is 3.73. The van der Waals surface area contributed by atoms with Crippen molar-refractivity contribution in [2.45, 2.75) is 0 Å². The highest BCUT2D eigenvalue weighted by Gasteiger charge is 2.18. The van der Waals surface area contributed by atoms with Crippen molar-refractivity contribution in [1.82, 2.24) is 0 Å². The Kier molecular flexibility index (Phi) is 6.39. The van der Waals surface area contributed by atoms with Crippen LogP contribution in [0.3, 0.4) is 0 Å². The van der Waals surface area contributed by atoms with Crippen LogP contribution in [0.15, 0.2) is 180 Å². The molecule has 230 valence electrons. The Bertz CT molecular complexity index is 2810. The number of furan rings is 1. The van der Waals surface area contributed by atoms with Gasteiger partial charge in [0, 0.05) is 53.3 Å². The molecule has 0 aliphatic heterocycles. The zero-order valence-corrected chi connectivity index (χ0v) is 27.3. The van der Waals surface area contributed by atoms with E-state index in [9.17, 15) is 0 Å². The molecule has 0 bridgehead atoms. The van der Waals surface area contributed by atoms with Crippen molar-refractivity contribution >= 4 is 81.3 Å². The molecule has 0 radical (unpaired) electrons. The number of nitrogens with zero attached hydrogens (tertiary/aromatic N) is 1. The molecular weight excluding hydrogens is 615 g/mol. The zero-order valence-electron chi connectivity index (χ0n) is 26.5. The number of para-hydroxylation sites is 2. The Morgan fingerprint density at radius 2 is 1.06 bits per heavy atom. The van der Waals surface area contributed by atoms with Gasteiger partial charge in [-0.15, -0.1) is 11.3 Å². The second kappa shape index (κ2) is 11.2. The molecule has 10 aromatic rings. The van der Waals surface area contributed by atoms with Gasteiger partial charge in [-0.1, -0.05) is 121 Å². The molecule has 0 amide bonds. The van der Waals surface area contributed by atoms with Gasteiger partial charge in [0.2, 0.25) is 0 Å². The molecule has 10 rings (SSSR count). The summed E-state index contributed by atoms with van der Waals surface area (Å²) in [4.78, 5) is 2.39. The van der Waals surface area contributed by atoms with E-state index < -0.39 is 0 Å². The fourth-order valence-corrected chi connectivity index (χ4v) is 8.43. The minimum absolute atomic E-state index is 0.912. The first-order chi connectivity index (χ1) is 24.3. The third kappa shape index (κ3) is 4.62. The van der Waals surface area contributed by atoms with Crippen LogP contribution in [0, 0.1) is 0 Å². The first kappa shape index (κ1) is 27.9. The third-order valence-electron chi connectivity index (χ3n) is 9.67. The summed E-state index contributed by atoms with van der Waals surface area (Å²) in [5.41, 5.74) is 9.81. The van der Waals surface area contributed by atoms with Crippen molar-refractivity contribution in [3.05, 3.63) is 176 Å². The Morgan fingerprint density at radius 3 is 1.88 bits per heavy atom. The van der Waals surface area contributed by atoms with Crippen molar-refractivity contribution in [1.29, 1.82) is 0 Å². The van der Waals surface area contributed by atoms with Crippen LogP contribution in [-0.4, -0.2) is 0 Å². The van der Waals surface area contributed by atoms with Crippen LogP contribution in [0.5, 0.6) is 0 Å². The van der Waals surface area contributed by atoms with Crippen LogP contribution in [0.2, 0.25) is 0 Å². The fraction of sp³-hybridized carbons (Fsp3) is 0. The van der Waals surface area contributed by atoms with E-state index in [1.807, 2.05) is 23.5 Å². The quantitative estimate of drug-likeness (QED) is 0.186. The summed E-state index contributed by atoms with van der Waals surface area (Å²) in [6.07, 6.45) is 0. The smallest absolute Gasteiger partial charge is 0.143 e. The van der Waals surface area contributed by atoms with Crippen LogP contribution in [-0.2, 0) is 0 Å². The lowest BCUT2D eigenvalue weighted by molar-refractivity contribution is 0.670. The molecule has 2 heterocycles. The first-order valence-corrected chi connectivity index (χ1v) is 17.4. The largest absolute Gasteiger partial charge is 0.455 e. The van der Waals surface area contributed by atoms with Crippen molar-refractivity contribution in [3.8, 4) is 22.3 Å². The van der Waals surface area contributed by atoms with Crippen LogP contribution < -0.4 is 4.90 Å². The number of anilines is 3. The molecule has 3 heteroatoms. The minimum Gasteiger partial charge on any atom is -0.455 e. The molecule has 0 aliphatic carbocycles. The Balaban J connectivity index is 1.14. The minimum atomic E-state index is 0.912. The molecule has 0 spiro atoms. The van der Waals surface area contributed by atoms with Crippen LogP contribution >= 0.6 is 11.3 Å². The molecule has 2 aromatic heterocycles. The van der Waals surface area contributed by atoms with Gasteiger partial charge >= 0.3 is 0 Å². The average molecular weight is 644 g/mol. The second-order valence-electron chi connectivity index (χ2n) is 12.5. The fourth-order valence-electron chi connectivity index (χ4n) is 7.30. The molecule has 2 nitrogen and oxygen atoms in total. The van der Waals surface area contributed by atoms with Gasteiger partial charge in [0.1, 0.15) is 11.2 Å². The summed E-state index contributed by atoms with van der Waals surface area (Å²) < 4.78 is 9.02. The first-order valence-electron chi connectivity index (χ1n) is 16.6. The maximum absolute atomic E-state index is 6.40. The van der Waals surface area contributed by atoms with Gasteiger partial charge in [-0.25, -0.2) is 0 Å². The molecule has 49 heavy (non-hydrogen) atoms. The predicted molar refractivity (Wildman–Crippen MR) is 210 cm³/mol. The summed E-state index contributed by atoms with van der Waals surface area (Å²) in [5.74, 6) is 0. The lowest BCUT2D eigenvalue weighted by atomic mass is 10.0. The van der Waals surface area contributed by atoms with Gasteiger partial charge in [-0.2, -0.15) is 0 Å². The molecule has 0 atom stereocenters. The number of fused-ring (bicyclic) bond motifs is 7. The Hall–Kier alpha value is -6.16. The lowest BCUT2D eigenvalue weighted by Gasteiger charge is -2.27. The summed E-state index contributed by atoms with van der Waals surface area (Å²) in [7, 11) is 0. The monoisotopic (exact) mass is 643 g/mol. The van der Waals surface area contributed by atoms with Gasteiger partial charge in [0.15, 0.2) is 0 Å². The third-order valence-corrected chi connectivity index (χ3v) is 10.8. The van der Waals surface area contributed by atoms with Gasteiger partial charge in [-0.3, -0.25) is 0 Å². The molecule has 0 unspecified atom stereocenters. The highest BCUT2D eigenvalue weighted by atomic mass is 32.1. The molecule has 8 aromatic carbocycles. The molecular formula is C46H29NOS. The zero-order chi connectivity index (χ0) is 32.3. The normalized spacial score (nSPS) is 11.7. The van der Waals surface area contributed by atoms with Gasteiger partial charge < -0.3 is 9.32 Å². The SMILES string of the molecule is c1ccc(-c2ccc(N(c3ccc(-c4cccc5c4oc4ccccc45)cc3)c3cccc4cc5c(cc34)sc3ccccc35)cc2)cc1. The molecule has 0 fully saturated rings. The molecule has 0 N–H and O–H groups in total. The van der Waals surface area contributed by atoms with E-state index in [-0.39, 0.29) is 0 Å². The van der Waals surface area contributed by atoms with Crippen LogP contribution in [0.4, 0.5) is 17.1 Å². The van der Waals surface area contributed by atoms with E-state index in [0.717, 1.165) is 50.1 Å². The summed E-state index contributed by atoms with van der Waals surface area (Å²) in [6, 6.07) is 63.2. The second-order valence-corrected chi connectivity index (χ2v) is 13.6. The maximum Gasteiger partial charge on any atom is 0.143 e. The Labute approximate surface area is 287 Å². The van der Waals surface area contributed by atoms with Gasteiger partial charge in [0.05, 0.1) is 5.69 Å². The molecule has 0 aliphatic rings. The summed E-state index contributed by atoms with van der Waals surface area (Å²) >= 11 is 1.86. The van der Waals surface area contributed by atoms with E-state index >= 15 is 0 Å². The van der Waals surface area contributed by atoms with Crippen molar-refractivity contribution in [2.24, 2.45) is 0 Å². The number of hydrogen-bond donors (Lipinski definition) is 0. The highest BCUT2D eigenvalue weighted by Crippen LogP contribution is 2.44. The van der Waals surface area contributed by atoms with Gasteiger partial charge in [-0.05, 0) is 76.7 Å². The van der Waals surface area contributed by atoms with Crippen LogP contribution in [0.25, 0.3) is 75.1 Å². The van der Waals surface area contributed by atoms with Crippen molar-refractivity contribution in [3.63, 3.8) is 0 Å². The van der Waals surface area contributed by atoms with Crippen molar-refractivity contribution in [2.75, 3.05) is 4.90 Å². The maximum atomic E-state index is 6.40. The standard InChI is InChI=1S/C46H29NOS/c1-2-10-30(11-3-1)31-20-24-34(25-21-31)47(42-17-8-12-33-28-41-38-14-5-7-19-44(38)49-45(41)29-40(33)42)35-26-22-32(23-27-35)36-15-9-16-39-37-13-4-6-18-43(37)48-46(36)39/h1-29H. The van der Waals surface area contributed by atoms with E-state index in [2.05, 4.69) is 169 Å². The Morgan fingerprint density at radius 1 is 0.408 bits per heavy atom. The topological polar surface area (TPSA) is 16.4 Å². The molecule has 0 saturated carbocycles. The van der Waals surface area contributed by atoms with E-state index in [1.54, 1.807) is 0 Å². The summed E-state index contributed by atoms with van der Waals surface area (Å²) in [5, 5.41) is 7.37. The van der Waals surface area contributed by atoms with Crippen LogP contribution in [0.1, 0.15) is 0 Å². The number of benzene rings is 8. The lowest BCUT2D eigenvalue weighted by Crippen LogP contribution is -2.10. The number of hydrogen-bond acceptors (Lipinski definition) is 3.